The highest BCUT2D eigenvalue weighted by atomic mass is 35.5. The highest BCUT2D eigenvalue weighted by Gasteiger charge is 2.49. The fraction of sp³-hybridized carbons (Fsp3) is 0.250. The number of nitrogens with one attached hydrogen (secondary N) is 2. The molecule has 6 rings (SSSR count). The molecule has 0 aliphatic carbocycles. The maximum Gasteiger partial charge on any atom is 0.250 e. The molecule has 4 aromatic rings. The summed E-state index contributed by atoms with van der Waals surface area (Å²) >= 11 is 6.23. The van der Waals surface area contributed by atoms with Gasteiger partial charge in [-0.2, -0.15) is 9.07 Å². The van der Waals surface area contributed by atoms with E-state index in [-0.39, 0.29) is 35.6 Å². The van der Waals surface area contributed by atoms with Crippen LogP contribution in [0.3, 0.4) is 0 Å². The number of benzene rings is 1. The normalized spacial score (nSPS) is 18.9. The standard InChI is InChI=1S/C24H20ClFN10O3/c1-12(37)29-20-7-3-14(22(26)31-20)15-9-27-23(30-15)17-5-6-18-24(39)34(10-21(38)36(17)18)19-8-13(25)2-4-16(19)35-11-28-32-33-35/h2-4,7-9,11,17-18H,5-6,10H2,1H3,(H,27,30)(H,29,31,37). The summed E-state index contributed by atoms with van der Waals surface area (Å²) in [5, 5.41) is 14.0. The molecule has 1 aromatic carbocycles. The van der Waals surface area contributed by atoms with Crippen LogP contribution in [0.15, 0.2) is 42.9 Å². The summed E-state index contributed by atoms with van der Waals surface area (Å²) in [6.45, 7) is 1.09. The number of imidazole rings is 1. The number of hydrogen-bond donors (Lipinski definition) is 2. The molecular weight excluding hydrogens is 531 g/mol. The fourth-order valence-electron chi connectivity index (χ4n) is 5.05. The van der Waals surface area contributed by atoms with Crippen LogP contribution in [0.5, 0.6) is 0 Å². The molecule has 2 aliphatic rings. The van der Waals surface area contributed by atoms with Gasteiger partial charge in [0.1, 0.15) is 30.6 Å². The van der Waals surface area contributed by atoms with Crippen LogP contribution in [0.2, 0.25) is 5.02 Å². The second-order valence-electron chi connectivity index (χ2n) is 9.12. The van der Waals surface area contributed by atoms with E-state index in [0.717, 1.165) is 0 Å². The van der Waals surface area contributed by atoms with Gasteiger partial charge in [0.2, 0.25) is 23.7 Å². The minimum absolute atomic E-state index is 0.0899. The topological polar surface area (TPSA) is 155 Å². The molecule has 2 fully saturated rings. The van der Waals surface area contributed by atoms with Gasteiger partial charge in [0, 0.05) is 11.9 Å². The lowest BCUT2D eigenvalue weighted by Crippen LogP contribution is -2.58. The highest BCUT2D eigenvalue weighted by molar-refractivity contribution is 6.31. The van der Waals surface area contributed by atoms with Crippen LogP contribution in [0, 0.1) is 5.95 Å². The van der Waals surface area contributed by atoms with E-state index in [0.29, 0.717) is 40.8 Å². The molecular formula is C24H20ClFN10O3. The maximum absolute atomic E-state index is 14.7. The van der Waals surface area contributed by atoms with Crippen molar-refractivity contribution < 1.29 is 18.8 Å². The molecule has 2 N–H and O–H groups in total. The minimum atomic E-state index is -0.791. The zero-order valence-electron chi connectivity index (χ0n) is 20.4. The van der Waals surface area contributed by atoms with E-state index in [2.05, 4.69) is 35.8 Å². The third-order valence-corrected chi connectivity index (χ3v) is 6.93. The summed E-state index contributed by atoms with van der Waals surface area (Å²) in [5.74, 6) is -1.16. The van der Waals surface area contributed by atoms with Crippen molar-refractivity contribution >= 4 is 40.8 Å². The van der Waals surface area contributed by atoms with Crippen molar-refractivity contribution in [1.29, 1.82) is 0 Å². The van der Waals surface area contributed by atoms with Gasteiger partial charge < -0.3 is 15.2 Å². The molecule has 5 heterocycles. The lowest BCUT2D eigenvalue weighted by molar-refractivity contribution is -0.143. The van der Waals surface area contributed by atoms with Crippen LogP contribution in [-0.4, -0.2) is 70.4 Å². The number of tetrazole rings is 1. The van der Waals surface area contributed by atoms with Gasteiger partial charge in [0.25, 0.3) is 0 Å². The van der Waals surface area contributed by atoms with Gasteiger partial charge in [-0.15, -0.1) is 5.10 Å². The van der Waals surface area contributed by atoms with Crippen molar-refractivity contribution in [3.63, 3.8) is 0 Å². The predicted molar refractivity (Wildman–Crippen MR) is 135 cm³/mol. The molecule has 2 atom stereocenters. The second kappa shape index (κ2) is 9.54. The Bertz CT molecular complexity index is 1610. The first-order valence-corrected chi connectivity index (χ1v) is 12.3. The van der Waals surface area contributed by atoms with Crippen LogP contribution in [0.1, 0.15) is 31.6 Å². The number of amides is 3. The molecule has 39 heavy (non-hydrogen) atoms. The molecule has 0 bridgehead atoms. The summed E-state index contributed by atoms with van der Waals surface area (Å²) in [5.41, 5.74) is 1.43. The molecule has 3 amide bonds. The molecule has 13 nitrogen and oxygen atoms in total. The van der Waals surface area contributed by atoms with Gasteiger partial charge in [0.15, 0.2) is 0 Å². The molecule has 15 heteroatoms. The number of anilines is 2. The first kappa shape index (κ1) is 24.6. The number of fused-ring (bicyclic) bond motifs is 1. The molecule has 0 saturated carbocycles. The van der Waals surface area contributed by atoms with Gasteiger partial charge in [-0.3, -0.25) is 19.3 Å². The van der Waals surface area contributed by atoms with Gasteiger partial charge in [-0.05, 0) is 53.6 Å². The Hall–Kier alpha value is -4.72. The number of pyridine rings is 1. The van der Waals surface area contributed by atoms with Crippen molar-refractivity contribution in [2.75, 3.05) is 16.8 Å². The number of aromatic nitrogens is 7. The Balaban J connectivity index is 1.26. The number of nitrogens with zero attached hydrogens (tertiary/aromatic N) is 8. The lowest BCUT2D eigenvalue weighted by atomic mass is 10.1. The Kier molecular flexibility index (Phi) is 6.02. The second-order valence-corrected chi connectivity index (χ2v) is 9.56. The van der Waals surface area contributed by atoms with Crippen molar-refractivity contribution in [2.24, 2.45) is 0 Å². The molecule has 3 aromatic heterocycles. The minimum Gasteiger partial charge on any atom is -0.340 e. The van der Waals surface area contributed by atoms with E-state index in [1.165, 1.54) is 46.1 Å². The van der Waals surface area contributed by atoms with Crippen LogP contribution in [0.25, 0.3) is 16.9 Å². The lowest BCUT2D eigenvalue weighted by Gasteiger charge is -2.39. The Labute approximate surface area is 225 Å². The molecule has 2 unspecified atom stereocenters. The number of carbonyl (C=O) groups is 3. The van der Waals surface area contributed by atoms with Crippen molar-refractivity contribution in [1.82, 2.24) is 40.1 Å². The maximum atomic E-state index is 14.7. The fourth-order valence-corrected chi connectivity index (χ4v) is 5.22. The Morgan fingerprint density at radius 2 is 1.97 bits per heavy atom. The average Bonchev–Trinajstić information content (AvgIpc) is 3.67. The molecule has 2 saturated heterocycles. The van der Waals surface area contributed by atoms with Crippen molar-refractivity contribution in [2.45, 2.75) is 31.8 Å². The number of carbonyl (C=O) groups excluding carboxylic acids is 3. The predicted octanol–water partition coefficient (Wildman–Crippen LogP) is 2.28. The quantitative estimate of drug-likeness (QED) is 0.359. The van der Waals surface area contributed by atoms with E-state index in [4.69, 9.17) is 11.6 Å². The summed E-state index contributed by atoms with van der Waals surface area (Å²) < 4.78 is 16.1. The third kappa shape index (κ3) is 4.37. The average molecular weight is 551 g/mol. The number of aromatic amines is 1. The van der Waals surface area contributed by atoms with Crippen molar-refractivity contribution in [3.8, 4) is 16.9 Å². The van der Waals surface area contributed by atoms with Gasteiger partial charge in [-0.25, -0.2) is 9.97 Å². The van der Waals surface area contributed by atoms with Crippen LogP contribution in [0.4, 0.5) is 15.9 Å². The highest BCUT2D eigenvalue weighted by Crippen LogP contribution is 2.40. The van der Waals surface area contributed by atoms with E-state index in [1.807, 2.05) is 0 Å². The molecule has 0 radical (unpaired) electrons. The van der Waals surface area contributed by atoms with E-state index in [9.17, 15) is 18.8 Å². The van der Waals surface area contributed by atoms with Crippen molar-refractivity contribution in [3.05, 3.63) is 59.7 Å². The number of H-pyrrole nitrogens is 1. The monoisotopic (exact) mass is 550 g/mol. The number of hydrogen-bond acceptors (Lipinski definition) is 8. The van der Waals surface area contributed by atoms with Gasteiger partial charge in [-0.1, -0.05) is 11.6 Å². The van der Waals surface area contributed by atoms with Gasteiger partial charge in [0.05, 0.1) is 34.9 Å². The third-order valence-electron chi connectivity index (χ3n) is 6.70. The summed E-state index contributed by atoms with van der Waals surface area (Å²) in [6.07, 6.45) is 3.75. The van der Waals surface area contributed by atoms with E-state index in [1.54, 1.807) is 18.2 Å². The molecule has 198 valence electrons. The van der Waals surface area contributed by atoms with Crippen LogP contribution < -0.4 is 10.2 Å². The van der Waals surface area contributed by atoms with E-state index >= 15 is 0 Å². The summed E-state index contributed by atoms with van der Waals surface area (Å²) in [7, 11) is 0. The van der Waals surface area contributed by atoms with Crippen LogP contribution >= 0.6 is 11.6 Å². The first-order valence-electron chi connectivity index (χ1n) is 11.9. The first-order chi connectivity index (χ1) is 18.8. The zero-order chi connectivity index (χ0) is 27.3. The Morgan fingerprint density at radius 3 is 2.72 bits per heavy atom. The van der Waals surface area contributed by atoms with Gasteiger partial charge >= 0.3 is 0 Å². The molecule has 2 aliphatic heterocycles. The number of rotatable bonds is 5. The van der Waals surface area contributed by atoms with E-state index < -0.39 is 18.0 Å². The SMILES string of the molecule is CC(=O)Nc1ccc(-c2cnc(C3CCC4C(=O)N(c5cc(Cl)ccc5-n5cnnn5)CC(=O)N43)[nH]2)c(F)n1. The summed E-state index contributed by atoms with van der Waals surface area (Å²) in [6, 6.07) is 6.68. The summed E-state index contributed by atoms with van der Waals surface area (Å²) in [4.78, 5) is 52.5. The van der Waals surface area contributed by atoms with Crippen LogP contribution in [-0.2, 0) is 14.4 Å². The molecule has 0 spiro atoms. The number of halogens is 2. The largest absolute Gasteiger partial charge is 0.340 e. The number of piperazine rings is 1. The smallest absolute Gasteiger partial charge is 0.250 e. The Morgan fingerprint density at radius 1 is 1.15 bits per heavy atom. The zero-order valence-corrected chi connectivity index (χ0v) is 21.1.